The molecule has 5 aromatic heterocycles. The standard InChI is InChI=1S/C27H19N5O/c33-27(18-19-8-5-11-22(30-19)20-9-1-3-16-28-20)26-15-7-14-25(32-26)24-13-6-12-23(31-24)21-10-2-4-17-29-21/h1-17H,18H2. The van der Waals surface area contributed by atoms with Crippen LogP contribution in [-0.2, 0) is 6.42 Å². The van der Waals surface area contributed by atoms with E-state index in [0.717, 1.165) is 22.8 Å². The van der Waals surface area contributed by atoms with Crippen LogP contribution >= 0.6 is 0 Å². The molecule has 0 fully saturated rings. The lowest BCUT2D eigenvalue weighted by Gasteiger charge is -2.07. The lowest BCUT2D eigenvalue weighted by molar-refractivity contribution is 0.0987. The minimum atomic E-state index is -0.108. The molecule has 33 heavy (non-hydrogen) atoms. The molecule has 6 heteroatoms. The number of hydrogen-bond acceptors (Lipinski definition) is 6. The van der Waals surface area contributed by atoms with E-state index in [-0.39, 0.29) is 12.2 Å². The highest BCUT2D eigenvalue weighted by Gasteiger charge is 2.13. The normalized spacial score (nSPS) is 10.7. The lowest BCUT2D eigenvalue weighted by Crippen LogP contribution is -2.08. The molecule has 0 saturated carbocycles. The van der Waals surface area contributed by atoms with E-state index in [4.69, 9.17) is 0 Å². The molecule has 0 atom stereocenters. The summed E-state index contributed by atoms with van der Waals surface area (Å²) in [5.74, 6) is -0.108. The van der Waals surface area contributed by atoms with Crippen LogP contribution in [0.4, 0.5) is 0 Å². The molecule has 5 rings (SSSR count). The van der Waals surface area contributed by atoms with Gasteiger partial charge in [-0.15, -0.1) is 0 Å². The highest BCUT2D eigenvalue weighted by atomic mass is 16.1. The molecular formula is C27H19N5O. The predicted octanol–water partition coefficient (Wildman–Crippen LogP) is 5.09. The van der Waals surface area contributed by atoms with Gasteiger partial charge in [-0.2, -0.15) is 0 Å². The molecule has 0 bridgehead atoms. The summed E-state index contributed by atoms with van der Waals surface area (Å²) in [6, 6.07) is 28.0. The fourth-order valence-electron chi connectivity index (χ4n) is 3.46. The fraction of sp³-hybridized carbons (Fsp3) is 0.0370. The van der Waals surface area contributed by atoms with E-state index in [1.165, 1.54) is 0 Å². The second kappa shape index (κ2) is 9.28. The zero-order valence-electron chi connectivity index (χ0n) is 17.7. The van der Waals surface area contributed by atoms with Gasteiger partial charge in [-0.25, -0.2) is 9.97 Å². The van der Waals surface area contributed by atoms with E-state index in [0.29, 0.717) is 22.8 Å². The van der Waals surface area contributed by atoms with Crippen molar-refractivity contribution in [3.05, 3.63) is 115 Å². The Balaban J connectivity index is 1.38. The molecule has 0 saturated heterocycles. The predicted molar refractivity (Wildman–Crippen MR) is 126 cm³/mol. The van der Waals surface area contributed by atoms with Crippen molar-refractivity contribution in [3.8, 4) is 34.2 Å². The molecule has 6 nitrogen and oxygen atoms in total. The van der Waals surface area contributed by atoms with Gasteiger partial charge in [0, 0.05) is 18.1 Å². The van der Waals surface area contributed by atoms with E-state index in [2.05, 4.69) is 24.9 Å². The van der Waals surface area contributed by atoms with Crippen molar-refractivity contribution in [2.75, 3.05) is 0 Å². The van der Waals surface area contributed by atoms with Crippen LogP contribution in [0.25, 0.3) is 34.2 Å². The zero-order valence-corrected chi connectivity index (χ0v) is 17.7. The van der Waals surface area contributed by atoms with Crippen LogP contribution in [0.3, 0.4) is 0 Å². The van der Waals surface area contributed by atoms with Gasteiger partial charge in [-0.1, -0.05) is 30.3 Å². The summed E-state index contributed by atoms with van der Waals surface area (Å²) in [6.45, 7) is 0. The number of rotatable bonds is 6. The van der Waals surface area contributed by atoms with Crippen molar-refractivity contribution in [1.82, 2.24) is 24.9 Å². The summed E-state index contributed by atoms with van der Waals surface area (Å²) in [5, 5.41) is 0. The molecule has 0 amide bonds. The van der Waals surface area contributed by atoms with Crippen molar-refractivity contribution in [2.45, 2.75) is 6.42 Å². The van der Waals surface area contributed by atoms with Gasteiger partial charge < -0.3 is 0 Å². The van der Waals surface area contributed by atoms with Crippen molar-refractivity contribution < 1.29 is 4.79 Å². The third-order valence-corrected chi connectivity index (χ3v) is 5.05. The van der Waals surface area contributed by atoms with Gasteiger partial charge in [0.15, 0.2) is 5.78 Å². The van der Waals surface area contributed by atoms with Crippen molar-refractivity contribution in [2.24, 2.45) is 0 Å². The second-order valence-electron chi connectivity index (χ2n) is 7.36. The molecule has 0 aliphatic heterocycles. The Bertz CT molecular complexity index is 1400. The summed E-state index contributed by atoms with van der Waals surface area (Å²) in [6.07, 6.45) is 3.61. The van der Waals surface area contributed by atoms with Gasteiger partial charge in [0.05, 0.1) is 40.6 Å². The maximum atomic E-state index is 13.0. The summed E-state index contributed by atoms with van der Waals surface area (Å²) in [4.78, 5) is 35.5. The molecule has 158 valence electrons. The van der Waals surface area contributed by atoms with Gasteiger partial charge in [-0.3, -0.25) is 19.7 Å². The Hall–Kier alpha value is -4.58. The third-order valence-electron chi connectivity index (χ3n) is 5.05. The SMILES string of the molecule is O=C(Cc1cccc(-c2ccccn2)n1)c1cccc(-c2cccc(-c3ccccn3)n2)n1. The van der Waals surface area contributed by atoms with E-state index in [1.54, 1.807) is 18.5 Å². The van der Waals surface area contributed by atoms with Crippen molar-refractivity contribution in [3.63, 3.8) is 0 Å². The number of pyridine rings is 5. The first-order valence-corrected chi connectivity index (χ1v) is 10.5. The minimum absolute atomic E-state index is 0.108. The van der Waals surface area contributed by atoms with Crippen LogP contribution in [0.5, 0.6) is 0 Å². The summed E-state index contributed by atoms with van der Waals surface area (Å²) in [5.41, 5.74) is 5.40. The zero-order chi connectivity index (χ0) is 22.5. The largest absolute Gasteiger partial charge is 0.292 e. The Morgan fingerprint density at radius 1 is 0.515 bits per heavy atom. The highest BCUT2D eigenvalue weighted by molar-refractivity contribution is 5.96. The maximum Gasteiger partial charge on any atom is 0.187 e. The molecule has 0 N–H and O–H groups in total. The van der Waals surface area contributed by atoms with Gasteiger partial charge >= 0.3 is 0 Å². The molecule has 0 aromatic carbocycles. The first-order chi connectivity index (χ1) is 16.3. The van der Waals surface area contributed by atoms with Gasteiger partial charge in [0.2, 0.25) is 0 Å². The summed E-state index contributed by atoms with van der Waals surface area (Å²) >= 11 is 0. The first-order valence-electron chi connectivity index (χ1n) is 10.5. The van der Waals surface area contributed by atoms with Crippen LogP contribution in [0.1, 0.15) is 16.2 Å². The molecule has 0 spiro atoms. The molecule has 5 heterocycles. The van der Waals surface area contributed by atoms with Gasteiger partial charge in [-0.05, 0) is 60.7 Å². The Morgan fingerprint density at radius 2 is 1.03 bits per heavy atom. The quantitative estimate of drug-likeness (QED) is 0.350. The molecule has 5 aromatic rings. The maximum absolute atomic E-state index is 13.0. The van der Waals surface area contributed by atoms with E-state index in [1.807, 2.05) is 84.9 Å². The van der Waals surface area contributed by atoms with Crippen LogP contribution in [0.2, 0.25) is 0 Å². The Kier molecular flexibility index (Phi) is 5.72. The van der Waals surface area contributed by atoms with Crippen molar-refractivity contribution in [1.29, 1.82) is 0 Å². The van der Waals surface area contributed by atoms with Crippen LogP contribution < -0.4 is 0 Å². The average molecular weight is 429 g/mol. The summed E-state index contributed by atoms with van der Waals surface area (Å²) < 4.78 is 0. The molecule has 0 radical (unpaired) electrons. The topological polar surface area (TPSA) is 81.5 Å². The molecular weight excluding hydrogens is 410 g/mol. The number of ketones is 1. The molecule has 0 unspecified atom stereocenters. The van der Waals surface area contributed by atoms with Gasteiger partial charge in [0.25, 0.3) is 0 Å². The number of hydrogen-bond donors (Lipinski definition) is 0. The Labute approximate surface area is 191 Å². The van der Waals surface area contributed by atoms with E-state index < -0.39 is 0 Å². The van der Waals surface area contributed by atoms with Crippen LogP contribution in [0.15, 0.2) is 103 Å². The number of aromatic nitrogens is 5. The highest BCUT2D eigenvalue weighted by Crippen LogP contribution is 2.21. The van der Waals surface area contributed by atoms with Crippen LogP contribution in [0, 0.1) is 0 Å². The second-order valence-corrected chi connectivity index (χ2v) is 7.36. The van der Waals surface area contributed by atoms with E-state index >= 15 is 0 Å². The lowest BCUT2D eigenvalue weighted by atomic mass is 10.1. The number of carbonyl (C=O) groups is 1. The molecule has 0 aliphatic rings. The van der Waals surface area contributed by atoms with Gasteiger partial charge in [0.1, 0.15) is 5.69 Å². The smallest absolute Gasteiger partial charge is 0.187 e. The third kappa shape index (κ3) is 4.70. The number of nitrogens with zero attached hydrogens (tertiary/aromatic N) is 5. The summed E-state index contributed by atoms with van der Waals surface area (Å²) in [7, 11) is 0. The van der Waals surface area contributed by atoms with Crippen molar-refractivity contribution >= 4 is 5.78 Å². The van der Waals surface area contributed by atoms with E-state index in [9.17, 15) is 4.79 Å². The minimum Gasteiger partial charge on any atom is -0.292 e. The fourth-order valence-corrected chi connectivity index (χ4v) is 3.46. The monoisotopic (exact) mass is 429 g/mol. The first kappa shape index (κ1) is 20.3. The average Bonchev–Trinajstić information content (AvgIpc) is 2.90. The number of Topliss-reactive ketones (excluding diaryl/α,β-unsaturated/α-hetero) is 1. The van der Waals surface area contributed by atoms with Crippen LogP contribution in [-0.4, -0.2) is 30.7 Å². The number of carbonyl (C=O) groups excluding carboxylic acids is 1. The Morgan fingerprint density at radius 3 is 1.67 bits per heavy atom. The molecule has 0 aliphatic carbocycles.